The second-order valence-corrected chi connectivity index (χ2v) is 22.0. The lowest BCUT2D eigenvalue weighted by atomic mass is 10.0. The van der Waals surface area contributed by atoms with Gasteiger partial charge in [0, 0.05) is 105 Å². The van der Waals surface area contributed by atoms with Gasteiger partial charge >= 0.3 is 12.0 Å². The number of fused-ring (bicyclic) bond motifs is 4. The minimum absolute atomic E-state index is 0.132. The van der Waals surface area contributed by atoms with Gasteiger partial charge in [-0.15, -0.1) is 0 Å². The van der Waals surface area contributed by atoms with Crippen LogP contribution in [0.25, 0.3) is 21.5 Å². The van der Waals surface area contributed by atoms with Gasteiger partial charge in [0.1, 0.15) is 24.8 Å². The van der Waals surface area contributed by atoms with Crippen LogP contribution in [-0.4, -0.2) is 157 Å². The molecular formula is C63H76N14O3. The Morgan fingerprint density at radius 1 is 0.588 bits per heavy atom. The molecule has 80 heavy (non-hydrogen) atoms. The summed E-state index contributed by atoms with van der Waals surface area (Å²) in [5.41, 5.74) is 6.84. The fourth-order valence-corrected chi connectivity index (χ4v) is 12.7. The Bertz CT molecular complexity index is 3190. The summed E-state index contributed by atoms with van der Waals surface area (Å²) in [5.74, 6) is 1.73. The Balaban J connectivity index is 0.000000170. The third kappa shape index (κ3) is 12.7. The van der Waals surface area contributed by atoms with Gasteiger partial charge in [-0.2, -0.15) is 30.5 Å². The van der Waals surface area contributed by atoms with E-state index in [0.717, 1.165) is 120 Å². The number of rotatable bonds is 15. The molecule has 12 rings (SSSR count). The first kappa shape index (κ1) is 54.4. The summed E-state index contributed by atoms with van der Waals surface area (Å²) in [6, 6.07) is 35.5. The highest BCUT2D eigenvalue weighted by Crippen LogP contribution is 2.37. The van der Waals surface area contributed by atoms with E-state index in [0.29, 0.717) is 57.8 Å². The van der Waals surface area contributed by atoms with E-state index in [9.17, 15) is 15.3 Å². The SMILES string of the molecule is C=CC(=O)N1CCN(c2nc(OCCN3CCCCC3)nc3c2CCN(c2cccc4ccccc24)C3)CC1CC#N.N#CCC1CN(c2nc(OCCN3CCCCC3)nc3c2CCN(c2cccc4ccccc24)C3)CCN1. The molecule has 6 aliphatic rings. The number of aromatic nitrogens is 4. The molecule has 2 aromatic heterocycles. The van der Waals surface area contributed by atoms with Crippen molar-refractivity contribution < 1.29 is 14.3 Å². The van der Waals surface area contributed by atoms with Crippen molar-refractivity contribution in [2.75, 3.05) is 124 Å². The van der Waals surface area contributed by atoms with E-state index in [-0.39, 0.29) is 24.4 Å². The largest absolute Gasteiger partial charge is 0.462 e. The predicted octanol–water partition coefficient (Wildman–Crippen LogP) is 7.92. The summed E-state index contributed by atoms with van der Waals surface area (Å²) < 4.78 is 12.4. The molecule has 2 atom stereocenters. The minimum Gasteiger partial charge on any atom is -0.462 e. The molecule has 0 bridgehead atoms. The number of piperazine rings is 2. The molecule has 6 aromatic rings. The zero-order chi connectivity index (χ0) is 54.6. The van der Waals surface area contributed by atoms with Gasteiger partial charge in [-0.1, -0.05) is 92.2 Å². The molecule has 0 saturated carbocycles. The number of hydrogen-bond acceptors (Lipinski definition) is 16. The lowest BCUT2D eigenvalue weighted by molar-refractivity contribution is -0.128. The van der Waals surface area contributed by atoms with Crippen molar-refractivity contribution in [3.63, 3.8) is 0 Å². The summed E-state index contributed by atoms with van der Waals surface area (Å²) in [4.78, 5) is 48.5. The zero-order valence-corrected chi connectivity index (χ0v) is 46.4. The topological polar surface area (TPSA) is 169 Å². The van der Waals surface area contributed by atoms with Gasteiger partial charge in [0.15, 0.2) is 0 Å². The molecule has 1 amide bonds. The van der Waals surface area contributed by atoms with Crippen LogP contribution in [-0.2, 0) is 30.7 Å². The highest BCUT2D eigenvalue weighted by molar-refractivity contribution is 5.95. The summed E-state index contributed by atoms with van der Waals surface area (Å²) >= 11 is 0. The highest BCUT2D eigenvalue weighted by atomic mass is 16.5. The number of amides is 1. The maximum atomic E-state index is 12.5. The number of nitrogens with one attached hydrogen (secondary N) is 1. The number of piperidine rings is 2. The van der Waals surface area contributed by atoms with E-state index in [4.69, 9.17) is 29.4 Å². The molecule has 6 aliphatic heterocycles. The van der Waals surface area contributed by atoms with Gasteiger partial charge in [-0.25, -0.2) is 0 Å². The van der Waals surface area contributed by atoms with Crippen molar-refractivity contribution in [1.82, 2.24) is 40.0 Å². The Morgan fingerprint density at radius 2 is 1.10 bits per heavy atom. The quantitative estimate of drug-likeness (QED) is 0.0984. The van der Waals surface area contributed by atoms with Crippen LogP contribution in [0.1, 0.15) is 73.9 Å². The van der Waals surface area contributed by atoms with E-state index < -0.39 is 0 Å². The molecule has 0 aliphatic carbocycles. The predicted molar refractivity (Wildman–Crippen MR) is 315 cm³/mol. The minimum atomic E-state index is -0.223. The summed E-state index contributed by atoms with van der Waals surface area (Å²) in [7, 11) is 0. The third-order valence-electron chi connectivity index (χ3n) is 16.9. The van der Waals surface area contributed by atoms with Gasteiger partial charge in [-0.05, 0) is 93.7 Å². The number of benzene rings is 4. The normalized spacial score (nSPS) is 19.8. The first-order valence-electron chi connectivity index (χ1n) is 29.3. The molecule has 0 radical (unpaired) electrons. The van der Waals surface area contributed by atoms with E-state index in [1.54, 1.807) is 4.90 Å². The maximum absolute atomic E-state index is 12.5. The highest BCUT2D eigenvalue weighted by Gasteiger charge is 2.34. The summed E-state index contributed by atoms with van der Waals surface area (Å²) in [6.07, 6.45) is 11.5. The van der Waals surface area contributed by atoms with Gasteiger partial charge in [-0.3, -0.25) is 14.6 Å². The lowest BCUT2D eigenvalue weighted by Crippen LogP contribution is -2.55. The molecule has 8 heterocycles. The standard InChI is InChI=1S/C33H39N7O2.C30H37N7O/c1-2-31(41)40-20-19-39(23-26(40)13-15-34)32-28-14-18-38(30-12-8-10-25-9-4-5-11-27(25)30)24-29(28)35-33(36-32)42-22-21-37-16-6-3-7-17-37;31-13-11-24-21-37(18-14-32-24)29-26-12-17-36(28-10-6-8-23-7-2-3-9-25(23)28)22-27(26)33-30(34-29)38-20-19-35-15-4-1-5-16-35/h2,4-5,8-12,26H,1,3,6-7,13-14,16-24H2;2-3,6-10,24,32H,1,4-5,11-12,14-22H2. The third-order valence-corrected chi connectivity index (χ3v) is 16.9. The van der Waals surface area contributed by atoms with E-state index in [1.807, 2.05) is 0 Å². The van der Waals surface area contributed by atoms with Crippen LogP contribution in [0.4, 0.5) is 23.0 Å². The molecule has 416 valence electrons. The molecule has 17 nitrogen and oxygen atoms in total. The molecule has 4 saturated heterocycles. The van der Waals surface area contributed by atoms with E-state index in [1.165, 1.54) is 83.1 Å². The lowest BCUT2D eigenvalue weighted by Gasteiger charge is -2.42. The fraction of sp³-hybridized carbons (Fsp3) is 0.476. The van der Waals surface area contributed by atoms with Crippen LogP contribution < -0.4 is 34.4 Å². The number of likely N-dealkylation sites (tertiary alicyclic amines) is 2. The van der Waals surface area contributed by atoms with E-state index in [2.05, 4.69) is 138 Å². The number of nitrogens with zero attached hydrogens (tertiary/aromatic N) is 13. The molecular weight excluding hydrogens is 1000 g/mol. The molecule has 17 heteroatoms. The van der Waals surface area contributed by atoms with Crippen LogP contribution >= 0.6 is 0 Å². The second-order valence-electron chi connectivity index (χ2n) is 22.0. The van der Waals surface area contributed by atoms with Crippen molar-refractivity contribution in [3.05, 3.63) is 120 Å². The molecule has 0 spiro atoms. The molecule has 1 N–H and O–H groups in total. The smallest absolute Gasteiger partial charge is 0.318 e. The summed E-state index contributed by atoms with van der Waals surface area (Å²) in [5, 5.41) is 27.2. The van der Waals surface area contributed by atoms with Crippen molar-refractivity contribution in [1.29, 1.82) is 10.5 Å². The molecule has 4 fully saturated rings. The number of carbonyl (C=O) groups is 1. The Labute approximate surface area is 471 Å². The van der Waals surface area contributed by atoms with Crippen LogP contribution in [0.5, 0.6) is 12.0 Å². The Morgan fingerprint density at radius 3 is 1.62 bits per heavy atom. The summed E-state index contributed by atoms with van der Waals surface area (Å²) in [6.45, 7) is 18.5. The maximum Gasteiger partial charge on any atom is 0.318 e. The van der Waals surface area contributed by atoms with Crippen molar-refractivity contribution in [3.8, 4) is 24.2 Å². The Hall–Kier alpha value is -7.57. The second kappa shape index (κ2) is 26.1. The van der Waals surface area contributed by atoms with Crippen molar-refractivity contribution >= 4 is 50.5 Å². The van der Waals surface area contributed by atoms with Crippen LogP contribution in [0, 0.1) is 22.7 Å². The number of ether oxygens (including phenoxy) is 2. The number of anilines is 4. The molecule has 4 aromatic carbocycles. The zero-order valence-electron chi connectivity index (χ0n) is 46.4. The first-order chi connectivity index (χ1) is 39.4. The van der Waals surface area contributed by atoms with Crippen molar-refractivity contribution in [2.45, 2.75) is 89.4 Å². The van der Waals surface area contributed by atoms with Gasteiger partial charge < -0.3 is 39.3 Å². The monoisotopic (exact) mass is 1080 g/mol. The van der Waals surface area contributed by atoms with Gasteiger partial charge in [0.25, 0.3) is 0 Å². The van der Waals surface area contributed by atoms with E-state index >= 15 is 0 Å². The average molecular weight is 1080 g/mol. The number of carbonyl (C=O) groups excluding carboxylic acids is 1. The van der Waals surface area contributed by atoms with Crippen LogP contribution in [0.15, 0.2) is 97.6 Å². The van der Waals surface area contributed by atoms with Gasteiger partial charge in [0.05, 0.1) is 55.5 Å². The number of hydrogen-bond donors (Lipinski definition) is 1. The van der Waals surface area contributed by atoms with Crippen LogP contribution in [0.2, 0.25) is 0 Å². The van der Waals surface area contributed by atoms with Crippen LogP contribution in [0.3, 0.4) is 0 Å². The molecule has 2 unspecified atom stereocenters. The van der Waals surface area contributed by atoms with Gasteiger partial charge in [0.2, 0.25) is 5.91 Å². The number of nitriles is 2. The first-order valence-corrected chi connectivity index (χ1v) is 29.3. The average Bonchev–Trinajstić information content (AvgIpc) is 3.55. The fourth-order valence-electron chi connectivity index (χ4n) is 12.7. The Kier molecular flexibility index (Phi) is 17.8. The van der Waals surface area contributed by atoms with Crippen molar-refractivity contribution in [2.24, 2.45) is 0 Å².